The number of halogens is 2. The summed E-state index contributed by atoms with van der Waals surface area (Å²) in [6.45, 7) is 0.684. The van der Waals surface area contributed by atoms with Gasteiger partial charge in [0.25, 0.3) is 0 Å². The fourth-order valence-electron chi connectivity index (χ4n) is 3.64. The van der Waals surface area contributed by atoms with Crippen LogP contribution in [-0.4, -0.2) is 40.9 Å². The van der Waals surface area contributed by atoms with Crippen molar-refractivity contribution >= 4 is 37.7 Å². The van der Waals surface area contributed by atoms with Crippen LogP contribution in [0, 0.1) is 5.82 Å². The Morgan fingerprint density at radius 1 is 1.06 bits per heavy atom. The van der Waals surface area contributed by atoms with E-state index in [2.05, 4.69) is 40.9 Å². The highest BCUT2D eigenvalue weighted by Gasteiger charge is 2.20. The lowest BCUT2D eigenvalue weighted by Gasteiger charge is -2.09. The Bertz CT molecular complexity index is 1620. The molecule has 5 rings (SSSR count). The third-order valence-corrected chi connectivity index (χ3v) is 7.32. The SMILES string of the molecule is O=S(=O)(NCCCNc1nccc(-c2c(-c3cccc(F)c3)nc3occn23)n1)c1ccc(Br)cc1. The molecule has 36 heavy (non-hydrogen) atoms. The molecule has 184 valence electrons. The summed E-state index contributed by atoms with van der Waals surface area (Å²) in [5.74, 6) is 0.353. The first-order valence-corrected chi connectivity index (χ1v) is 13.2. The molecule has 0 bridgehead atoms. The van der Waals surface area contributed by atoms with E-state index in [1.54, 1.807) is 47.1 Å². The largest absolute Gasteiger partial charge is 0.432 e. The Balaban J connectivity index is 1.28. The monoisotopic (exact) mass is 570 g/mol. The Kier molecular flexibility index (Phi) is 6.81. The molecule has 0 fully saturated rings. The van der Waals surface area contributed by atoms with Crippen molar-refractivity contribution in [2.45, 2.75) is 11.3 Å². The van der Waals surface area contributed by atoms with Crippen LogP contribution in [0.2, 0.25) is 0 Å². The predicted molar refractivity (Wildman–Crippen MR) is 136 cm³/mol. The van der Waals surface area contributed by atoms with E-state index in [-0.39, 0.29) is 17.3 Å². The molecule has 9 nitrogen and oxygen atoms in total. The van der Waals surface area contributed by atoms with Crippen molar-refractivity contribution in [3.8, 4) is 22.6 Å². The number of anilines is 1. The maximum absolute atomic E-state index is 13.9. The number of hydrogen-bond acceptors (Lipinski definition) is 7. The molecule has 0 unspecified atom stereocenters. The predicted octanol–water partition coefficient (Wildman–Crippen LogP) is 4.73. The van der Waals surface area contributed by atoms with E-state index < -0.39 is 10.0 Å². The minimum absolute atomic E-state index is 0.204. The molecule has 0 aliphatic heterocycles. The molecule has 3 aromatic heterocycles. The van der Waals surface area contributed by atoms with Gasteiger partial charge < -0.3 is 9.73 Å². The molecular weight excluding hydrogens is 551 g/mol. The van der Waals surface area contributed by atoms with Crippen LogP contribution < -0.4 is 10.0 Å². The zero-order valence-electron chi connectivity index (χ0n) is 18.7. The molecule has 0 amide bonds. The number of oxazole rings is 1. The fourth-order valence-corrected chi connectivity index (χ4v) is 4.97. The Hall–Kier alpha value is -3.61. The first-order chi connectivity index (χ1) is 17.4. The van der Waals surface area contributed by atoms with Crippen LogP contribution in [0.15, 0.2) is 87.0 Å². The highest BCUT2D eigenvalue weighted by molar-refractivity contribution is 9.10. The summed E-state index contributed by atoms with van der Waals surface area (Å²) in [6.07, 6.45) is 5.34. The van der Waals surface area contributed by atoms with Crippen LogP contribution in [-0.2, 0) is 10.0 Å². The smallest absolute Gasteiger partial charge is 0.306 e. The third kappa shape index (κ3) is 5.15. The van der Waals surface area contributed by atoms with E-state index >= 15 is 0 Å². The second-order valence-electron chi connectivity index (χ2n) is 7.77. The lowest BCUT2D eigenvalue weighted by atomic mass is 10.1. The lowest BCUT2D eigenvalue weighted by Crippen LogP contribution is -2.26. The first-order valence-electron chi connectivity index (χ1n) is 10.9. The summed E-state index contributed by atoms with van der Waals surface area (Å²) in [5.41, 5.74) is 2.32. The van der Waals surface area contributed by atoms with Gasteiger partial charge in [-0.3, -0.25) is 4.40 Å². The van der Waals surface area contributed by atoms with Gasteiger partial charge in [0.15, 0.2) is 0 Å². The maximum atomic E-state index is 13.9. The van der Waals surface area contributed by atoms with Crippen LogP contribution in [0.25, 0.3) is 28.5 Å². The van der Waals surface area contributed by atoms with Gasteiger partial charge in [0, 0.05) is 35.5 Å². The standard InChI is InChI=1S/C24H20BrFN6O3S/c25-17-5-7-19(8-6-17)36(33,34)29-11-2-10-27-23-28-12-9-20(30-23)22-21(16-3-1-4-18(26)15-16)31-24-32(22)13-14-35-24/h1,3-9,12-15,29H,2,10-11H2,(H,27,28,30). The molecule has 2 N–H and O–H groups in total. The number of hydrogen-bond donors (Lipinski definition) is 2. The van der Waals surface area contributed by atoms with Crippen LogP contribution in [0.1, 0.15) is 6.42 Å². The molecule has 0 saturated heterocycles. The van der Waals surface area contributed by atoms with Gasteiger partial charge in [0.2, 0.25) is 16.0 Å². The van der Waals surface area contributed by atoms with Gasteiger partial charge >= 0.3 is 5.84 Å². The molecule has 0 aliphatic rings. The molecule has 3 heterocycles. The molecule has 0 radical (unpaired) electrons. The quantitative estimate of drug-likeness (QED) is 0.246. The molecule has 0 aliphatic carbocycles. The van der Waals surface area contributed by atoms with Crippen LogP contribution in [0.3, 0.4) is 0 Å². The van der Waals surface area contributed by atoms with E-state index in [9.17, 15) is 12.8 Å². The Morgan fingerprint density at radius 3 is 2.69 bits per heavy atom. The van der Waals surface area contributed by atoms with Gasteiger partial charge in [0.05, 0.1) is 10.6 Å². The summed E-state index contributed by atoms with van der Waals surface area (Å²) in [4.78, 5) is 13.6. The minimum atomic E-state index is -3.58. The van der Waals surface area contributed by atoms with Crippen LogP contribution in [0.4, 0.5) is 10.3 Å². The Labute approximate surface area is 214 Å². The summed E-state index contributed by atoms with van der Waals surface area (Å²) in [5, 5.41) is 3.11. The van der Waals surface area contributed by atoms with Gasteiger partial charge in [-0.05, 0) is 48.9 Å². The number of aromatic nitrogens is 4. The van der Waals surface area contributed by atoms with E-state index in [1.807, 2.05) is 0 Å². The normalized spacial score (nSPS) is 11.7. The second kappa shape index (κ2) is 10.2. The molecule has 0 atom stereocenters. The van der Waals surface area contributed by atoms with Gasteiger partial charge in [-0.2, -0.15) is 4.98 Å². The van der Waals surface area contributed by atoms with Crippen LogP contribution >= 0.6 is 15.9 Å². The summed E-state index contributed by atoms with van der Waals surface area (Å²) in [7, 11) is -3.58. The van der Waals surface area contributed by atoms with Gasteiger partial charge in [0.1, 0.15) is 23.5 Å². The number of fused-ring (bicyclic) bond motifs is 1. The van der Waals surface area contributed by atoms with E-state index in [4.69, 9.17) is 4.42 Å². The van der Waals surface area contributed by atoms with Gasteiger partial charge in [-0.25, -0.2) is 27.5 Å². The third-order valence-electron chi connectivity index (χ3n) is 5.31. The van der Waals surface area contributed by atoms with Crippen molar-refractivity contribution in [2.75, 3.05) is 18.4 Å². The number of nitrogens with one attached hydrogen (secondary N) is 2. The number of benzene rings is 2. The van der Waals surface area contributed by atoms with Crippen molar-refractivity contribution in [1.82, 2.24) is 24.1 Å². The first kappa shape index (κ1) is 24.1. The van der Waals surface area contributed by atoms with E-state index in [0.29, 0.717) is 47.4 Å². The lowest BCUT2D eigenvalue weighted by molar-refractivity contribution is 0.580. The average Bonchev–Trinajstić information content (AvgIpc) is 3.46. The molecular formula is C24H20BrFN6O3S. The van der Waals surface area contributed by atoms with E-state index in [0.717, 1.165) is 4.47 Å². The van der Waals surface area contributed by atoms with Crippen molar-refractivity contribution < 1.29 is 17.2 Å². The zero-order chi connectivity index (χ0) is 25.1. The summed E-state index contributed by atoms with van der Waals surface area (Å²) in [6, 6.07) is 14.3. The maximum Gasteiger partial charge on any atom is 0.306 e. The molecule has 2 aromatic carbocycles. The van der Waals surface area contributed by atoms with Crippen molar-refractivity contribution in [3.63, 3.8) is 0 Å². The second-order valence-corrected chi connectivity index (χ2v) is 10.5. The van der Waals surface area contributed by atoms with Crippen LogP contribution in [0.5, 0.6) is 0 Å². The van der Waals surface area contributed by atoms with Crippen molar-refractivity contribution in [3.05, 3.63) is 83.5 Å². The number of nitrogens with zero attached hydrogens (tertiary/aromatic N) is 4. The fraction of sp³-hybridized carbons (Fsp3) is 0.125. The molecule has 0 saturated carbocycles. The number of sulfonamides is 1. The Morgan fingerprint density at radius 2 is 1.89 bits per heavy atom. The summed E-state index contributed by atoms with van der Waals surface area (Å²) >= 11 is 3.29. The van der Waals surface area contributed by atoms with Gasteiger partial charge in [-0.15, -0.1) is 0 Å². The molecule has 5 aromatic rings. The molecule has 0 spiro atoms. The minimum Gasteiger partial charge on any atom is -0.432 e. The van der Waals surface area contributed by atoms with E-state index in [1.165, 1.54) is 30.5 Å². The average molecular weight is 571 g/mol. The number of imidazole rings is 1. The highest BCUT2D eigenvalue weighted by Crippen LogP contribution is 2.32. The zero-order valence-corrected chi connectivity index (χ0v) is 21.1. The molecule has 12 heteroatoms. The van der Waals surface area contributed by atoms with Gasteiger partial charge in [-0.1, -0.05) is 28.1 Å². The topological polar surface area (TPSA) is 114 Å². The summed E-state index contributed by atoms with van der Waals surface area (Å²) < 4.78 is 49.2. The van der Waals surface area contributed by atoms with Crippen molar-refractivity contribution in [1.29, 1.82) is 0 Å². The van der Waals surface area contributed by atoms with Crippen molar-refractivity contribution in [2.24, 2.45) is 0 Å². The highest BCUT2D eigenvalue weighted by atomic mass is 79.9. The number of rotatable bonds is 9.